The summed E-state index contributed by atoms with van der Waals surface area (Å²) in [6.45, 7) is 1.34. The molecule has 3 rings (SSSR count). The number of hydrogen-bond donors (Lipinski definition) is 1. The van der Waals surface area contributed by atoms with E-state index >= 15 is 0 Å². The van der Waals surface area contributed by atoms with E-state index in [0.717, 1.165) is 0 Å². The molecule has 5 nitrogen and oxygen atoms in total. The van der Waals surface area contributed by atoms with Gasteiger partial charge in [-0.05, 0) is 12.1 Å². The molecule has 0 atom stereocenters. The molecule has 1 aromatic carbocycles. The molecule has 1 amide bonds. The average molecular weight is 417 g/mol. The van der Waals surface area contributed by atoms with Gasteiger partial charge in [-0.2, -0.15) is 0 Å². The molecule has 2 heterocycles. The number of aromatic nitrogens is 2. The molecule has 0 aliphatic rings. The molecule has 2 aromatic heterocycles. The number of hydrogen-bond acceptors (Lipinski definition) is 4. The Morgan fingerprint density at radius 1 is 1.12 bits per heavy atom. The Morgan fingerprint density at radius 2 is 1.80 bits per heavy atom. The zero-order valence-corrected chi connectivity index (χ0v) is 15.6. The first-order valence-corrected chi connectivity index (χ1v) is 8.42. The van der Waals surface area contributed by atoms with Gasteiger partial charge in [0.15, 0.2) is 11.6 Å². The highest BCUT2D eigenvalue weighted by molar-refractivity contribution is 6.45. The smallest absolute Gasteiger partial charge is 0.222 e. The maximum Gasteiger partial charge on any atom is 0.222 e. The summed E-state index contributed by atoms with van der Waals surface area (Å²) in [5.41, 5.74) is 1.41. The van der Waals surface area contributed by atoms with Gasteiger partial charge < -0.3 is 9.84 Å². The summed E-state index contributed by atoms with van der Waals surface area (Å²) >= 11 is 24.8. The Labute approximate surface area is 162 Å². The Balaban J connectivity index is 2.03. The molecule has 0 fully saturated rings. The van der Waals surface area contributed by atoms with Crippen molar-refractivity contribution in [1.82, 2.24) is 10.1 Å². The van der Waals surface area contributed by atoms with Crippen LogP contribution in [0.4, 0.5) is 5.82 Å². The lowest BCUT2D eigenvalue weighted by Gasteiger charge is -2.07. The van der Waals surface area contributed by atoms with E-state index in [0.29, 0.717) is 32.6 Å². The minimum absolute atomic E-state index is 0.100. The van der Waals surface area contributed by atoms with Crippen LogP contribution in [0.1, 0.15) is 6.92 Å². The van der Waals surface area contributed by atoms with Crippen molar-refractivity contribution in [2.75, 3.05) is 5.32 Å². The Morgan fingerprint density at radius 3 is 2.44 bits per heavy atom. The van der Waals surface area contributed by atoms with Crippen molar-refractivity contribution in [3.05, 3.63) is 50.6 Å². The van der Waals surface area contributed by atoms with E-state index in [1.807, 2.05) is 0 Å². The fourth-order valence-electron chi connectivity index (χ4n) is 2.15. The zero-order valence-electron chi connectivity index (χ0n) is 12.6. The second-order valence-corrected chi connectivity index (χ2v) is 6.57. The Kier molecular flexibility index (Phi) is 5.20. The topological polar surface area (TPSA) is 68.0 Å². The normalized spacial score (nSPS) is 10.8. The van der Waals surface area contributed by atoms with Gasteiger partial charge in [0.2, 0.25) is 5.91 Å². The standard InChI is InChI=1S/C16H9Cl4N3O2/c1-7(24)22-16-15(20)14(19)8(6-21-16)12-5-11(23-25-12)13-9(17)3-2-4-10(13)18/h2-6H,1H3,(H,21,22,24). The second-order valence-electron chi connectivity index (χ2n) is 5.00. The Hall–Kier alpha value is -1.79. The van der Waals surface area contributed by atoms with Gasteiger partial charge in [0.1, 0.15) is 10.7 Å². The molecule has 0 saturated heterocycles. The number of nitrogens with one attached hydrogen (secondary N) is 1. The molecule has 25 heavy (non-hydrogen) atoms. The average Bonchev–Trinajstić information content (AvgIpc) is 3.01. The lowest BCUT2D eigenvalue weighted by molar-refractivity contribution is -0.114. The van der Waals surface area contributed by atoms with Gasteiger partial charge in [-0.25, -0.2) is 4.98 Å². The van der Waals surface area contributed by atoms with Crippen LogP contribution in [0, 0.1) is 0 Å². The molecule has 9 heteroatoms. The van der Waals surface area contributed by atoms with Crippen molar-refractivity contribution in [2.24, 2.45) is 0 Å². The third kappa shape index (κ3) is 3.60. The zero-order chi connectivity index (χ0) is 18.1. The van der Waals surface area contributed by atoms with E-state index in [4.69, 9.17) is 50.9 Å². The number of carbonyl (C=O) groups is 1. The number of pyridine rings is 1. The highest BCUT2D eigenvalue weighted by Gasteiger charge is 2.19. The van der Waals surface area contributed by atoms with Crippen molar-refractivity contribution in [3.63, 3.8) is 0 Å². The fourth-order valence-corrected chi connectivity index (χ4v) is 3.17. The van der Waals surface area contributed by atoms with Crippen LogP contribution >= 0.6 is 46.4 Å². The van der Waals surface area contributed by atoms with Gasteiger partial charge >= 0.3 is 0 Å². The van der Waals surface area contributed by atoms with Crippen LogP contribution in [0.5, 0.6) is 0 Å². The molecule has 0 bridgehead atoms. The summed E-state index contributed by atoms with van der Waals surface area (Å²) in [5.74, 6) is 0.185. The van der Waals surface area contributed by atoms with Crippen LogP contribution in [0.25, 0.3) is 22.6 Å². The van der Waals surface area contributed by atoms with Gasteiger partial charge in [0.25, 0.3) is 0 Å². The molecule has 1 N–H and O–H groups in total. The second kappa shape index (κ2) is 7.22. The number of anilines is 1. The first kappa shape index (κ1) is 18.0. The summed E-state index contributed by atoms with van der Waals surface area (Å²) in [6.07, 6.45) is 1.43. The maximum atomic E-state index is 11.1. The number of carbonyl (C=O) groups excluding carboxylic acids is 1. The summed E-state index contributed by atoms with van der Waals surface area (Å²) in [7, 11) is 0. The molecule has 3 aromatic rings. The fraction of sp³-hybridized carbons (Fsp3) is 0.0625. The molecule has 0 unspecified atom stereocenters. The molecule has 0 aliphatic heterocycles. The molecule has 128 valence electrons. The van der Waals surface area contributed by atoms with Gasteiger partial charge in [0, 0.05) is 24.8 Å². The van der Waals surface area contributed by atoms with Gasteiger partial charge in [-0.15, -0.1) is 0 Å². The van der Waals surface area contributed by atoms with E-state index in [1.54, 1.807) is 24.3 Å². The third-order valence-corrected chi connectivity index (χ3v) is 4.74. The highest BCUT2D eigenvalue weighted by Crippen LogP contribution is 2.40. The summed E-state index contributed by atoms with van der Waals surface area (Å²) in [4.78, 5) is 15.2. The van der Waals surface area contributed by atoms with Crippen molar-refractivity contribution in [2.45, 2.75) is 6.92 Å². The maximum absolute atomic E-state index is 11.1. The number of benzene rings is 1. The van der Waals surface area contributed by atoms with Crippen LogP contribution in [-0.4, -0.2) is 16.0 Å². The Bertz CT molecular complexity index is 952. The first-order chi connectivity index (χ1) is 11.9. The summed E-state index contributed by atoms with van der Waals surface area (Å²) in [6, 6.07) is 6.76. The molecule has 0 saturated carbocycles. The van der Waals surface area contributed by atoms with Crippen LogP contribution in [0.15, 0.2) is 35.0 Å². The number of halogens is 4. The predicted molar refractivity (Wildman–Crippen MR) is 99.5 cm³/mol. The van der Waals surface area contributed by atoms with Crippen molar-refractivity contribution in [3.8, 4) is 22.6 Å². The summed E-state index contributed by atoms with van der Waals surface area (Å²) in [5, 5.41) is 7.63. The van der Waals surface area contributed by atoms with Crippen LogP contribution < -0.4 is 5.32 Å². The molecule has 0 spiro atoms. The van der Waals surface area contributed by atoms with Crippen LogP contribution in [0.2, 0.25) is 20.1 Å². The minimum atomic E-state index is -0.312. The van der Waals surface area contributed by atoms with E-state index in [9.17, 15) is 4.79 Å². The van der Waals surface area contributed by atoms with Crippen LogP contribution in [-0.2, 0) is 4.79 Å². The van der Waals surface area contributed by atoms with Crippen molar-refractivity contribution in [1.29, 1.82) is 0 Å². The lowest BCUT2D eigenvalue weighted by atomic mass is 10.1. The van der Waals surface area contributed by atoms with Crippen molar-refractivity contribution >= 4 is 58.1 Å². The van der Waals surface area contributed by atoms with E-state index < -0.39 is 0 Å². The van der Waals surface area contributed by atoms with E-state index in [2.05, 4.69) is 15.5 Å². The largest absolute Gasteiger partial charge is 0.356 e. The van der Waals surface area contributed by atoms with Crippen molar-refractivity contribution < 1.29 is 9.32 Å². The van der Waals surface area contributed by atoms with Gasteiger partial charge in [0.05, 0.1) is 20.6 Å². The van der Waals surface area contributed by atoms with Gasteiger partial charge in [-0.1, -0.05) is 57.6 Å². The molecular formula is C16H9Cl4N3O2. The lowest BCUT2D eigenvalue weighted by Crippen LogP contribution is -2.08. The van der Waals surface area contributed by atoms with E-state index in [1.165, 1.54) is 13.1 Å². The quantitative estimate of drug-likeness (QED) is 0.570. The number of rotatable bonds is 3. The molecule has 0 aliphatic carbocycles. The summed E-state index contributed by atoms with van der Waals surface area (Å²) < 4.78 is 5.33. The number of amides is 1. The molecular weight excluding hydrogens is 408 g/mol. The number of nitrogens with zero attached hydrogens (tertiary/aromatic N) is 2. The van der Waals surface area contributed by atoms with Crippen LogP contribution in [0.3, 0.4) is 0 Å². The first-order valence-electron chi connectivity index (χ1n) is 6.91. The van der Waals surface area contributed by atoms with Gasteiger partial charge in [-0.3, -0.25) is 4.79 Å². The SMILES string of the molecule is CC(=O)Nc1ncc(-c2cc(-c3c(Cl)cccc3Cl)no2)c(Cl)c1Cl. The molecule has 0 radical (unpaired) electrons. The predicted octanol–water partition coefficient (Wildman–Crippen LogP) is 5.98. The highest BCUT2D eigenvalue weighted by atomic mass is 35.5. The third-order valence-electron chi connectivity index (χ3n) is 3.25. The van der Waals surface area contributed by atoms with E-state index in [-0.39, 0.29) is 21.8 Å². The monoisotopic (exact) mass is 415 g/mol. The minimum Gasteiger partial charge on any atom is -0.356 e.